The standard InChI is InChI=1S/C26H31N3O4/c1-26(2,3)33-25(31)29(18-22-16-20-10-4-5-12-23(20)32-22)14-7-6-13-28-24(30)21-11-8-9-19(15-21)17-27/h4-5,8-12,15,22H,6-7,13-14,16,18H2,1-3H3,(H,28,30). The van der Waals surface area contributed by atoms with Gasteiger partial charge in [-0.2, -0.15) is 5.26 Å². The Bertz CT molecular complexity index is 998. The fourth-order valence-electron chi connectivity index (χ4n) is 3.65. The number of para-hydroxylation sites is 1. The molecule has 1 aliphatic rings. The monoisotopic (exact) mass is 449 g/mol. The van der Waals surface area contributed by atoms with Gasteiger partial charge in [-0.1, -0.05) is 24.3 Å². The number of unbranched alkanes of at least 4 members (excludes halogenated alkanes) is 1. The second-order valence-electron chi connectivity index (χ2n) is 9.13. The van der Waals surface area contributed by atoms with Crippen LogP contribution in [0.25, 0.3) is 0 Å². The summed E-state index contributed by atoms with van der Waals surface area (Å²) in [5, 5.41) is 11.8. The van der Waals surface area contributed by atoms with Crippen molar-refractivity contribution in [1.29, 1.82) is 5.26 Å². The first kappa shape index (κ1) is 24.1. The van der Waals surface area contributed by atoms with Gasteiger partial charge in [0.05, 0.1) is 18.2 Å². The van der Waals surface area contributed by atoms with Crippen LogP contribution in [0.4, 0.5) is 4.79 Å². The Morgan fingerprint density at radius 2 is 1.97 bits per heavy atom. The summed E-state index contributed by atoms with van der Waals surface area (Å²) in [5.41, 5.74) is 1.48. The molecular weight excluding hydrogens is 418 g/mol. The highest BCUT2D eigenvalue weighted by molar-refractivity contribution is 5.94. The number of amides is 2. The third-order valence-electron chi connectivity index (χ3n) is 5.18. The maximum atomic E-state index is 12.8. The number of ether oxygens (including phenoxy) is 2. The summed E-state index contributed by atoms with van der Waals surface area (Å²) in [5.74, 6) is 0.656. The predicted octanol–water partition coefficient (Wildman–Crippen LogP) is 4.31. The molecule has 0 fully saturated rings. The van der Waals surface area contributed by atoms with E-state index in [-0.39, 0.29) is 18.1 Å². The Labute approximate surface area is 195 Å². The van der Waals surface area contributed by atoms with Gasteiger partial charge in [0.2, 0.25) is 0 Å². The van der Waals surface area contributed by atoms with E-state index in [4.69, 9.17) is 14.7 Å². The highest BCUT2D eigenvalue weighted by atomic mass is 16.6. The zero-order chi connectivity index (χ0) is 23.8. The smallest absolute Gasteiger partial charge is 0.410 e. The lowest BCUT2D eigenvalue weighted by Gasteiger charge is -2.29. The zero-order valence-corrected chi connectivity index (χ0v) is 19.5. The van der Waals surface area contributed by atoms with Gasteiger partial charge in [-0.15, -0.1) is 0 Å². The number of rotatable bonds is 8. The number of hydrogen-bond acceptors (Lipinski definition) is 5. The number of benzene rings is 2. The Morgan fingerprint density at radius 3 is 2.70 bits per heavy atom. The van der Waals surface area contributed by atoms with Crippen molar-refractivity contribution in [3.05, 3.63) is 65.2 Å². The van der Waals surface area contributed by atoms with Crippen LogP contribution in [0.2, 0.25) is 0 Å². The molecular formula is C26H31N3O4. The van der Waals surface area contributed by atoms with Crippen LogP contribution >= 0.6 is 0 Å². The minimum atomic E-state index is -0.583. The highest BCUT2D eigenvalue weighted by Gasteiger charge is 2.29. The first-order valence-electron chi connectivity index (χ1n) is 11.3. The van der Waals surface area contributed by atoms with Gasteiger partial charge in [0.1, 0.15) is 17.5 Å². The molecule has 33 heavy (non-hydrogen) atoms. The zero-order valence-electron chi connectivity index (χ0n) is 19.5. The first-order chi connectivity index (χ1) is 15.7. The van der Waals surface area contributed by atoms with E-state index in [2.05, 4.69) is 5.32 Å². The highest BCUT2D eigenvalue weighted by Crippen LogP contribution is 2.28. The minimum Gasteiger partial charge on any atom is -0.488 e. The van der Waals surface area contributed by atoms with Gasteiger partial charge in [0.15, 0.2) is 0 Å². The topological polar surface area (TPSA) is 91.7 Å². The van der Waals surface area contributed by atoms with Gasteiger partial charge < -0.3 is 19.7 Å². The van der Waals surface area contributed by atoms with Crippen molar-refractivity contribution in [1.82, 2.24) is 10.2 Å². The normalized spacial score (nSPS) is 14.5. The first-order valence-corrected chi connectivity index (χ1v) is 11.3. The van der Waals surface area contributed by atoms with Crippen molar-refractivity contribution in [2.75, 3.05) is 19.6 Å². The average Bonchev–Trinajstić information content (AvgIpc) is 3.19. The van der Waals surface area contributed by atoms with Crippen molar-refractivity contribution in [2.24, 2.45) is 0 Å². The summed E-state index contributed by atoms with van der Waals surface area (Å²) >= 11 is 0. The lowest BCUT2D eigenvalue weighted by molar-refractivity contribution is 0.0179. The molecule has 0 spiro atoms. The molecule has 0 bridgehead atoms. The van der Waals surface area contributed by atoms with E-state index >= 15 is 0 Å². The van der Waals surface area contributed by atoms with E-state index in [1.54, 1.807) is 29.2 Å². The Hall–Kier alpha value is -3.53. The summed E-state index contributed by atoms with van der Waals surface area (Å²) in [6.07, 6.45) is 1.70. The second kappa shape index (κ2) is 10.9. The van der Waals surface area contributed by atoms with E-state index in [1.807, 2.05) is 51.1 Å². The van der Waals surface area contributed by atoms with E-state index < -0.39 is 5.60 Å². The number of fused-ring (bicyclic) bond motifs is 1. The van der Waals surface area contributed by atoms with E-state index in [0.717, 1.165) is 17.7 Å². The van der Waals surface area contributed by atoms with Gasteiger partial charge in [-0.3, -0.25) is 4.79 Å². The van der Waals surface area contributed by atoms with Crippen LogP contribution in [0.15, 0.2) is 48.5 Å². The van der Waals surface area contributed by atoms with Crippen molar-refractivity contribution < 1.29 is 19.1 Å². The second-order valence-corrected chi connectivity index (χ2v) is 9.13. The number of nitriles is 1. The molecule has 1 heterocycles. The molecule has 1 N–H and O–H groups in total. The van der Waals surface area contributed by atoms with Crippen molar-refractivity contribution in [2.45, 2.75) is 51.7 Å². The lowest BCUT2D eigenvalue weighted by atomic mass is 10.1. The third-order valence-corrected chi connectivity index (χ3v) is 5.18. The van der Waals surface area contributed by atoms with E-state index in [1.165, 1.54) is 0 Å². The van der Waals surface area contributed by atoms with Crippen molar-refractivity contribution in [3.63, 3.8) is 0 Å². The van der Waals surface area contributed by atoms with Crippen LogP contribution in [0, 0.1) is 11.3 Å². The molecule has 7 heteroatoms. The predicted molar refractivity (Wildman–Crippen MR) is 125 cm³/mol. The maximum absolute atomic E-state index is 12.8. The summed E-state index contributed by atoms with van der Waals surface area (Å²) in [6, 6.07) is 16.6. The Morgan fingerprint density at radius 1 is 1.18 bits per heavy atom. The molecule has 0 radical (unpaired) electrons. The Balaban J connectivity index is 1.49. The SMILES string of the molecule is CC(C)(C)OC(=O)N(CCCCNC(=O)c1cccc(C#N)c1)CC1Cc2ccccc2O1. The third kappa shape index (κ3) is 7.25. The van der Waals surface area contributed by atoms with Gasteiger partial charge in [-0.25, -0.2) is 4.79 Å². The van der Waals surface area contributed by atoms with Gasteiger partial charge in [0, 0.05) is 25.1 Å². The lowest BCUT2D eigenvalue weighted by Crippen LogP contribution is -2.43. The molecule has 2 amide bonds. The van der Waals surface area contributed by atoms with Crippen LogP contribution in [0.5, 0.6) is 5.75 Å². The molecule has 1 aliphatic heterocycles. The van der Waals surface area contributed by atoms with Crippen LogP contribution in [0.1, 0.15) is 55.1 Å². The number of carbonyl (C=O) groups excluding carboxylic acids is 2. The summed E-state index contributed by atoms with van der Waals surface area (Å²) in [6.45, 7) is 6.97. The van der Waals surface area contributed by atoms with Gasteiger partial charge >= 0.3 is 6.09 Å². The average molecular weight is 450 g/mol. The van der Waals surface area contributed by atoms with Gasteiger partial charge in [0.25, 0.3) is 5.91 Å². The molecule has 0 saturated carbocycles. The van der Waals surface area contributed by atoms with Crippen molar-refractivity contribution >= 4 is 12.0 Å². The van der Waals surface area contributed by atoms with Crippen molar-refractivity contribution in [3.8, 4) is 11.8 Å². The maximum Gasteiger partial charge on any atom is 0.410 e. The van der Waals surface area contributed by atoms with E-state index in [9.17, 15) is 9.59 Å². The van der Waals surface area contributed by atoms with Crippen LogP contribution in [-0.2, 0) is 11.2 Å². The largest absolute Gasteiger partial charge is 0.488 e. The molecule has 7 nitrogen and oxygen atoms in total. The summed E-state index contributed by atoms with van der Waals surface area (Å²) < 4.78 is 11.6. The number of hydrogen-bond donors (Lipinski definition) is 1. The van der Waals surface area contributed by atoms with E-state index in [0.29, 0.717) is 43.6 Å². The summed E-state index contributed by atoms with van der Waals surface area (Å²) in [4.78, 5) is 26.8. The molecule has 3 rings (SSSR count). The van der Waals surface area contributed by atoms with Crippen LogP contribution in [-0.4, -0.2) is 48.2 Å². The summed E-state index contributed by atoms with van der Waals surface area (Å²) in [7, 11) is 0. The van der Waals surface area contributed by atoms with Gasteiger partial charge in [-0.05, 0) is 63.4 Å². The quantitative estimate of drug-likeness (QED) is 0.607. The fourth-order valence-corrected chi connectivity index (χ4v) is 3.65. The number of nitrogens with one attached hydrogen (secondary N) is 1. The molecule has 1 unspecified atom stereocenters. The molecule has 174 valence electrons. The molecule has 0 saturated heterocycles. The molecule has 1 atom stereocenters. The number of nitrogens with zero attached hydrogens (tertiary/aromatic N) is 2. The minimum absolute atomic E-state index is 0.109. The van der Waals surface area contributed by atoms with Crippen LogP contribution in [0.3, 0.4) is 0 Å². The molecule has 2 aromatic carbocycles. The number of carbonyl (C=O) groups is 2. The van der Waals surface area contributed by atoms with Crippen LogP contribution < -0.4 is 10.1 Å². The Kier molecular flexibility index (Phi) is 7.94. The molecule has 0 aliphatic carbocycles. The fraction of sp³-hybridized carbons (Fsp3) is 0.423. The molecule has 0 aromatic heterocycles. The molecule has 2 aromatic rings.